The molecule has 194 valence electrons. The molecule has 0 aromatic heterocycles. The summed E-state index contributed by atoms with van der Waals surface area (Å²) in [6.45, 7) is 8.10. The lowest BCUT2D eigenvalue weighted by Gasteiger charge is -2.20. The van der Waals surface area contributed by atoms with Gasteiger partial charge in [-0.3, -0.25) is 9.59 Å². The summed E-state index contributed by atoms with van der Waals surface area (Å²) in [6, 6.07) is 18.1. The molecule has 0 fully saturated rings. The molecule has 2 N–H and O–H groups in total. The topological polar surface area (TPSA) is 89.0 Å². The molecule has 0 heterocycles. The molecule has 0 aliphatic rings. The number of hydrazone groups is 1. The largest absolute Gasteiger partial charge is 0.493 e. The second-order valence-corrected chi connectivity index (χ2v) is 9.96. The van der Waals surface area contributed by atoms with Crippen LogP contribution in [0.15, 0.2) is 70.2 Å². The average Bonchev–Trinajstić information content (AvgIpc) is 2.87. The molecular weight excluding hydrogens is 534 g/mol. The van der Waals surface area contributed by atoms with Crippen LogP contribution in [-0.4, -0.2) is 31.2 Å². The fourth-order valence-electron chi connectivity index (χ4n) is 3.50. The number of aryl methyl sites for hydroxylation is 2. The number of methoxy groups -OCH3 is 1. The first kappa shape index (κ1) is 27.9. The van der Waals surface area contributed by atoms with E-state index in [-0.39, 0.29) is 11.8 Å². The van der Waals surface area contributed by atoms with Crippen molar-refractivity contribution < 1.29 is 19.1 Å². The van der Waals surface area contributed by atoms with Gasteiger partial charge < -0.3 is 14.8 Å². The molecule has 1 unspecified atom stereocenters. The second-order valence-electron chi connectivity index (χ2n) is 9.10. The highest BCUT2D eigenvalue weighted by Crippen LogP contribution is 2.36. The maximum absolute atomic E-state index is 12.8. The fourth-order valence-corrected chi connectivity index (χ4v) is 4.07. The van der Waals surface area contributed by atoms with E-state index in [0.717, 1.165) is 11.1 Å². The molecule has 8 heteroatoms. The maximum atomic E-state index is 12.8. The van der Waals surface area contributed by atoms with Crippen molar-refractivity contribution in [1.82, 2.24) is 10.7 Å². The maximum Gasteiger partial charge on any atom is 0.262 e. The summed E-state index contributed by atoms with van der Waals surface area (Å²) in [5.41, 5.74) is 7.00. The number of amides is 2. The van der Waals surface area contributed by atoms with Gasteiger partial charge in [-0.1, -0.05) is 61.4 Å². The van der Waals surface area contributed by atoms with Crippen molar-refractivity contribution in [2.75, 3.05) is 7.11 Å². The number of carbonyl (C=O) groups is 2. The molecule has 0 aliphatic carbocycles. The molecule has 7 nitrogen and oxygen atoms in total. The summed E-state index contributed by atoms with van der Waals surface area (Å²) in [5.74, 6) is 0.245. The number of nitrogens with one attached hydrogen (secondary N) is 2. The lowest BCUT2D eigenvalue weighted by atomic mass is 10.0. The van der Waals surface area contributed by atoms with Gasteiger partial charge in [0, 0.05) is 5.56 Å². The third-order valence-electron chi connectivity index (χ3n) is 5.69. The van der Waals surface area contributed by atoms with E-state index in [4.69, 9.17) is 9.47 Å². The van der Waals surface area contributed by atoms with Crippen LogP contribution < -0.4 is 20.2 Å². The van der Waals surface area contributed by atoms with Crippen molar-refractivity contribution in [2.24, 2.45) is 11.0 Å². The molecule has 0 radical (unpaired) electrons. The monoisotopic (exact) mass is 565 g/mol. The third kappa shape index (κ3) is 7.92. The van der Waals surface area contributed by atoms with Crippen molar-refractivity contribution in [1.29, 1.82) is 0 Å². The minimum absolute atomic E-state index is 0.135. The standard InChI is InChI=1S/C29H32BrN3O4/c1-18(2)26(32-28(34)23-12-8-20(4)9-13-23)29(35)33-31-16-22-14-24(30)27(25(15-22)36-5)37-17-21-10-6-19(3)7-11-21/h6-16,18,26H,17H2,1-5H3,(H,32,34)(H,33,35). The van der Waals surface area contributed by atoms with Gasteiger partial charge in [-0.25, -0.2) is 5.43 Å². The Morgan fingerprint density at radius 3 is 2.22 bits per heavy atom. The summed E-state index contributed by atoms with van der Waals surface area (Å²) >= 11 is 3.54. The van der Waals surface area contributed by atoms with Crippen LogP contribution in [0, 0.1) is 19.8 Å². The number of carbonyl (C=O) groups excluding carboxylic acids is 2. The number of ether oxygens (including phenoxy) is 2. The third-order valence-corrected chi connectivity index (χ3v) is 6.28. The van der Waals surface area contributed by atoms with Gasteiger partial charge in [0.15, 0.2) is 11.5 Å². The number of nitrogens with zero attached hydrogens (tertiary/aromatic N) is 1. The number of rotatable bonds is 10. The zero-order valence-electron chi connectivity index (χ0n) is 21.7. The molecule has 3 aromatic rings. The molecule has 1 atom stereocenters. The highest BCUT2D eigenvalue weighted by molar-refractivity contribution is 9.10. The Morgan fingerprint density at radius 2 is 1.62 bits per heavy atom. The minimum Gasteiger partial charge on any atom is -0.493 e. The number of benzene rings is 3. The van der Waals surface area contributed by atoms with Gasteiger partial charge in [0.25, 0.3) is 11.8 Å². The van der Waals surface area contributed by atoms with Crippen LogP contribution in [0.5, 0.6) is 11.5 Å². The van der Waals surface area contributed by atoms with Gasteiger partial charge in [0.2, 0.25) is 0 Å². The predicted octanol–water partition coefficient (Wildman–Crippen LogP) is 5.56. The molecule has 0 saturated carbocycles. The number of halogens is 1. The van der Waals surface area contributed by atoms with Crippen LogP contribution in [0.2, 0.25) is 0 Å². The molecular formula is C29H32BrN3O4. The molecule has 0 aliphatic heterocycles. The average molecular weight is 566 g/mol. The Morgan fingerprint density at radius 1 is 1.00 bits per heavy atom. The molecule has 0 saturated heterocycles. The smallest absolute Gasteiger partial charge is 0.262 e. The normalized spacial score (nSPS) is 11.9. The Kier molecular flexibility index (Phi) is 9.85. The Hall–Kier alpha value is -3.65. The number of hydrogen-bond donors (Lipinski definition) is 2. The zero-order chi connectivity index (χ0) is 26.9. The summed E-state index contributed by atoms with van der Waals surface area (Å²) in [4.78, 5) is 25.4. The van der Waals surface area contributed by atoms with Gasteiger partial charge in [-0.2, -0.15) is 5.10 Å². The van der Waals surface area contributed by atoms with E-state index in [1.165, 1.54) is 11.8 Å². The molecule has 2 amide bonds. The summed E-state index contributed by atoms with van der Waals surface area (Å²) in [5, 5.41) is 6.89. The van der Waals surface area contributed by atoms with Gasteiger partial charge in [-0.15, -0.1) is 0 Å². The number of hydrogen-bond acceptors (Lipinski definition) is 5. The van der Waals surface area contributed by atoms with E-state index in [9.17, 15) is 9.59 Å². The van der Waals surface area contributed by atoms with Crippen LogP contribution >= 0.6 is 15.9 Å². The van der Waals surface area contributed by atoms with Crippen molar-refractivity contribution >= 4 is 34.0 Å². The van der Waals surface area contributed by atoms with Crippen LogP contribution in [0.4, 0.5) is 0 Å². The summed E-state index contributed by atoms with van der Waals surface area (Å²) in [7, 11) is 1.56. The first-order valence-corrected chi connectivity index (χ1v) is 12.7. The Labute approximate surface area is 226 Å². The zero-order valence-corrected chi connectivity index (χ0v) is 23.3. The Bertz CT molecular complexity index is 1260. The van der Waals surface area contributed by atoms with E-state index in [2.05, 4.69) is 31.8 Å². The van der Waals surface area contributed by atoms with E-state index >= 15 is 0 Å². The fraction of sp³-hybridized carbons (Fsp3) is 0.276. The SMILES string of the molecule is COc1cc(C=NNC(=O)C(NC(=O)c2ccc(C)cc2)C(C)C)cc(Br)c1OCc1ccc(C)cc1. The van der Waals surface area contributed by atoms with E-state index in [1.807, 2.05) is 70.2 Å². The van der Waals surface area contributed by atoms with Gasteiger partial charge in [0.1, 0.15) is 12.6 Å². The molecule has 37 heavy (non-hydrogen) atoms. The van der Waals surface area contributed by atoms with Crippen molar-refractivity contribution in [3.05, 3.63) is 93.0 Å². The molecule has 3 aromatic carbocycles. The van der Waals surface area contributed by atoms with Crippen LogP contribution in [0.25, 0.3) is 0 Å². The van der Waals surface area contributed by atoms with Crippen LogP contribution in [0.3, 0.4) is 0 Å². The van der Waals surface area contributed by atoms with Gasteiger partial charge >= 0.3 is 0 Å². The van der Waals surface area contributed by atoms with Crippen LogP contribution in [-0.2, 0) is 11.4 Å². The molecule has 3 rings (SSSR count). The van der Waals surface area contributed by atoms with Crippen molar-refractivity contribution in [2.45, 2.75) is 40.3 Å². The van der Waals surface area contributed by atoms with Crippen molar-refractivity contribution in [3.63, 3.8) is 0 Å². The lowest BCUT2D eigenvalue weighted by Crippen LogP contribution is -2.48. The van der Waals surface area contributed by atoms with Crippen LogP contribution in [0.1, 0.15) is 46.5 Å². The van der Waals surface area contributed by atoms with E-state index in [1.54, 1.807) is 25.3 Å². The first-order valence-electron chi connectivity index (χ1n) is 11.9. The van der Waals surface area contributed by atoms with E-state index in [0.29, 0.717) is 33.7 Å². The lowest BCUT2D eigenvalue weighted by molar-refractivity contribution is -0.123. The Balaban J connectivity index is 1.65. The minimum atomic E-state index is -0.746. The summed E-state index contributed by atoms with van der Waals surface area (Å²) < 4.78 is 12.2. The quantitative estimate of drug-likeness (QED) is 0.249. The highest BCUT2D eigenvalue weighted by atomic mass is 79.9. The first-order chi connectivity index (χ1) is 17.7. The highest BCUT2D eigenvalue weighted by Gasteiger charge is 2.24. The summed E-state index contributed by atoms with van der Waals surface area (Å²) in [6.07, 6.45) is 1.51. The van der Waals surface area contributed by atoms with Gasteiger partial charge in [0.05, 0.1) is 17.8 Å². The predicted molar refractivity (Wildman–Crippen MR) is 149 cm³/mol. The molecule has 0 bridgehead atoms. The van der Waals surface area contributed by atoms with Crippen molar-refractivity contribution in [3.8, 4) is 11.5 Å². The second kappa shape index (κ2) is 13.1. The molecule has 0 spiro atoms. The van der Waals surface area contributed by atoms with Gasteiger partial charge in [-0.05, 0) is 71.1 Å². The van der Waals surface area contributed by atoms with E-state index < -0.39 is 11.9 Å².